The van der Waals surface area contributed by atoms with Gasteiger partial charge in [-0.25, -0.2) is 0 Å². The van der Waals surface area contributed by atoms with Gasteiger partial charge in [-0.3, -0.25) is 0 Å². The maximum absolute atomic E-state index is 9.14. The van der Waals surface area contributed by atoms with Crippen molar-refractivity contribution >= 4 is 34.6 Å². The predicted molar refractivity (Wildman–Crippen MR) is 134 cm³/mol. The van der Waals surface area contributed by atoms with Gasteiger partial charge >= 0.3 is 0 Å². The van der Waals surface area contributed by atoms with E-state index in [2.05, 4.69) is 103 Å². The quantitative estimate of drug-likeness (QED) is 0.187. The highest BCUT2D eigenvalue weighted by molar-refractivity contribution is 7.17. The summed E-state index contributed by atoms with van der Waals surface area (Å²) in [5.74, 6) is 0. The topological polar surface area (TPSA) is 45.1 Å². The molecule has 4 aromatic rings. The third kappa shape index (κ3) is 5.25. The van der Waals surface area contributed by atoms with E-state index in [0.29, 0.717) is 0 Å². The van der Waals surface area contributed by atoms with Crippen molar-refractivity contribution in [2.75, 3.05) is 4.90 Å². The van der Waals surface area contributed by atoms with Crippen LogP contribution in [0, 0.1) is 13.8 Å². The lowest BCUT2D eigenvalue weighted by molar-refractivity contribution is -0.0830. The Morgan fingerprint density at radius 2 is 1.28 bits per heavy atom. The van der Waals surface area contributed by atoms with Crippen LogP contribution >= 0.6 is 11.3 Å². The normalized spacial score (nSPS) is 12.1. The summed E-state index contributed by atoms with van der Waals surface area (Å²) in [5, 5.41) is 12.9. The number of rotatable bonds is 7. The molecule has 162 valence electrons. The summed E-state index contributed by atoms with van der Waals surface area (Å²) < 4.78 is 0. The number of aliphatic hydroxyl groups is 1. The number of anilines is 3. The van der Waals surface area contributed by atoms with Gasteiger partial charge in [-0.1, -0.05) is 52.7 Å². The molecular weight excluding hydrogens is 416 g/mol. The maximum atomic E-state index is 9.14. The van der Waals surface area contributed by atoms with Crippen LogP contribution < -0.4 is 4.90 Å². The molecule has 1 heterocycles. The Bertz CT molecular complexity index is 1130. The number of benzene rings is 3. The van der Waals surface area contributed by atoms with Gasteiger partial charge in [0.05, 0.1) is 6.21 Å². The van der Waals surface area contributed by atoms with Gasteiger partial charge in [-0.15, -0.1) is 11.3 Å². The average molecular weight is 443 g/mol. The molecule has 3 aromatic carbocycles. The number of aliphatic hydroxyl groups excluding tert-OH is 1. The molecule has 1 unspecified atom stereocenters. The summed E-state index contributed by atoms with van der Waals surface area (Å²) in [6, 6.07) is 29.8. The summed E-state index contributed by atoms with van der Waals surface area (Å²) in [6.45, 7) is 5.73. The first-order chi connectivity index (χ1) is 15.5. The molecule has 0 spiro atoms. The molecule has 5 heteroatoms. The number of hydrogen-bond donors (Lipinski definition) is 1. The fourth-order valence-electron chi connectivity index (χ4n) is 3.36. The highest BCUT2D eigenvalue weighted by atomic mass is 32.1. The first-order valence-electron chi connectivity index (χ1n) is 10.5. The van der Waals surface area contributed by atoms with Gasteiger partial charge in [0.1, 0.15) is 0 Å². The zero-order valence-corrected chi connectivity index (χ0v) is 19.2. The molecule has 0 fully saturated rings. The molecule has 0 aliphatic heterocycles. The standard InChI is InChI=1S/C27H26N2O2S/c1-19-4-10-23(11-5-19)29(24-12-6-20(2)7-13-24)25-14-8-22(9-15-25)27-17-16-26(32-27)18-28-31-21(3)30/h4-18,21,30H,1-3H3/b28-18+. The van der Waals surface area contributed by atoms with Gasteiger partial charge in [-0.05, 0) is 67.9 Å². The SMILES string of the molecule is Cc1ccc(N(c2ccc(C)cc2)c2ccc(-c3ccc(/C=N/OC(C)O)s3)cc2)cc1. The smallest absolute Gasteiger partial charge is 0.221 e. The van der Waals surface area contributed by atoms with E-state index < -0.39 is 6.29 Å². The van der Waals surface area contributed by atoms with Gasteiger partial charge < -0.3 is 14.8 Å². The lowest BCUT2D eigenvalue weighted by Gasteiger charge is -2.26. The van der Waals surface area contributed by atoms with E-state index in [1.807, 2.05) is 6.07 Å². The minimum atomic E-state index is -0.914. The molecule has 0 amide bonds. The van der Waals surface area contributed by atoms with Crippen molar-refractivity contribution in [1.29, 1.82) is 0 Å². The van der Waals surface area contributed by atoms with Gasteiger partial charge in [-0.2, -0.15) is 0 Å². The minimum Gasteiger partial charge on any atom is -0.364 e. The highest BCUT2D eigenvalue weighted by Crippen LogP contribution is 2.36. The van der Waals surface area contributed by atoms with Crippen molar-refractivity contribution in [3.63, 3.8) is 0 Å². The van der Waals surface area contributed by atoms with Crippen LogP contribution in [0.1, 0.15) is 22.9 Å². The van der Waals surface area contributed by atoms with Gasteiger partial charge in [0.15, 0.2) is 0 Å². The van der Waals surface area contributed by atoms with Crippen LogP contribution in [-0.4, -0.2) is 17.6 Å². The molecule has 0 aliphatic rings. The minimum absolute atomic E-state index is 0.914. The number of oxime groups is 1. The molecule has 0 radical (unpaired) electrons. The Kier molecular flexibility index (Phi) is 6.69. The van der Waals surface area contributed by atoms with Crippen LogP contribution in [0.3, 0.4) is 0 Å². The molecular formula is C27H26N2O2S. The maximum Gasteiger partial charge on any atom is 0.221 e. The van der Waals surface area contributed by atoms with E-state index in [9.17, 15) is 0 Å². The predicted octanol–water partition coefficient (Wildman–Crippen LogP) is 7.19. The third-order valence-corrected chi connectivity index (χ3v) is 6.08. The second kappa shape index (κ2) is 9.81. The van der Waals surface area contributed by atoms with E-state index >= 15 is 0 Å². The zero-order valence-electron chi connectivity index (χ0n) is 18.4. The molecule has 1 N–H and O–H groups in total. The fourth-order valence-corrected chi connectivity index (χ4v) is 4.23. The zero-order chi connectivity index (χ0) is 22.5. The molecule has 4 nitrogen and oxygen atoms in total. The van der Waals surface area contributed by atoms with Crippen LogP contribution in [-0.2, 0) is 4.84 Å². The molecule has 0 bridgehead atoms. The Labute approximate surface area is 193 Å². The van der Waals surface area contributed by atoms with Crippen LogP contribution in [0.25, 0.3) is 10.4 Å². The molecule has 0 saturated carbocycles. The van der Waals surface area contributed by atoms with E-state index in [-0.39, 0.29) is 0 Å². The van der Waals surface area contributed by atoms with Crippen molar-refractivity contribution < 1.29 is 9.94 Å². The average Bonchev–Trinajstić information content (AvgIpc) is 3.26. The molecule has 1 aromatic heterocycles. The molecule has 0 saturated heterocycles. The second-order valence-electron chi connectivity index (χ2n) is 7.69. The molecule has 1 atom stereocenters. The van der Waals surface area contributed by atoms with Crippen molar-refractivity contribution in [2.45, 2.75) is 27.1 Å². The Hall–Kier alpha value is -3.41. The number of aryl methyl sites for hydroxylation is 2. The number of thiophene rings is 1. The summed E-state index contributed by atoms with van der Waals surface area (Å²) in [7, 11) is 0. The summed E-state index contributed by atoms with van der Waals surface area (Å²) in [4.78, 5) is 9.20. The molecule has 4 rings (SSSR count). The first kappa shape index (κ1) is 21.8. The molecule has 0 aliphatic carbocycles. The highest BCUT2D eigenvalue weighted by Gasteiger charge is 2.13. The van der Waals surface area contributed by atoms with Gasteiger partial charge in [0.25, 0.3) is 0 Å². The van der Waals surface area contributed by atoms with Crippen LogP contribution in [0.5, 0.6) is 0 Å². The van der Waals surface area contributed by atoms with E-state index in [1.165, 1.54) is 18.1 Å². The molecule has 32 heavy (non-hydrogen) atoms. The Balaban J connectivity index is 1.62. The van der Waals surface area contributed by atoms with Crippen LogP contribution in [0.4, 0.5) is 17.1 Å². The fraction of sp³-hybridized carbons (Fsp3) is 0.148. The Morgan fingerprint density at radius 3 is 1.78 bits per heavy atom. The first-order valence-corrected chi connectivity index (χ1v) is 11.3. The van der Waals surface area contributed by atoms with E-state index in [1.54, 1.807) is 17.6 Å². The largest absolute Gasteiger partial charge is 0.364 e. The van der Waals surface area contributed by atoms with Crippen molar-refractivity contribution in [3.05, 3.63) is 101 Å². The monoisotopic (exact) mass is 442 g/mol. The van der Waals surface area contributed by atoms with Crippen molar-refractivity contribution in [1.82, 2.24) is 0 Å². The Morgan fingerprint density at radius 1 is 0.781 bits per heavy atom. The van der Waals surface area contributed by atoms with Crippen LogP contribution in [0.2, 0.25) is 0 Å². The lowest BCUT2D eigenvalue weighted by Crippen LogP contribution is -2.09. The van der Waals surface area contributed by atoms with Gasteiger partial charge in [0, 0.05) is 33.7 Å². The van der Waals surface area contributed by atoms with Crippen LogP contribution in [0.15, 0.2) is 90.1 Å². The summed E-state index contributed by atoms with van der Waals surface area (Å²) in [5.41, 5.74) is 6.97. The number of hydrogen-bond acceptors (Lipinski definition) is 5. The third-order valence-electron chi connectivity index (χ3n) is 5.01. The van der Waals surface area contributed by atoms with Crippen molar-refractivity contribution in [2.24, 2.45) is 5.16 Å². The van der Waals surface area contributed by atoms with Gasteiger partial charge in [0.2, 0.25) is 6.29 Å². The van der Waals surface area contributed by atoms with E-state index in [0.717, 1.165) is 32.4 Å². The summed E-state index contributed by atoms with van der Waals surface area (Å²) in [6.07, 6.45) is 0.703. The second-order valence-corrected chi connectivity index (χ2v) is 8.81. The summed E-state index contributed by atoms with van der Waals surface area (Å²) >= 11 is 1.62. The lowest BCUT2D eigenvalue weighted by atomic mass is 10.1. The van der Waals surface area contributed by atoms with E-state index in [4.69, 9.17) is 9.94 Å². The number of nitrogens with zero attached hydrogens (tertiary/aromatic N) is 2. The van der Waals surface area contributed by atoms with Crippen molar-refractivity contribution in [3.8, 4) is 10.4 Å².